The zero-order valence-corrected chi connectivity index (χ0v) is 14.3. The molecule has 10 heteroatoms. The molecule has 0 unspecified atom stereocenters. The number of ether oxygens (including phenoxy) is 2. The maximum Gasteiger partial charge on any atom is 0.307 e. The number of aromatic nitrogens is 4. The van der Waals surface area contributed by atoms with Crippen LogP contribution in [-0.2, 0) is 0 Å². The summed E-state index contributed by atoms with van der Waals surface area (Å²) in [5, 5.41) is 17.9. The highest BCUT2D eigenvalue weighted by molar-refractivity contribution is 5.66. The number of hydrogen-bond acceptors (Lipinski definition) is 8. The van der Waals surface area contributed by atoms with Gasteiger partial charge in [-0.05, 0) is 19.1 Å². The number of benzene rings is 1. The second-order valence-electron chi connectivity index (χ2n) is 5.29. The molecule has 0 bridgehead atoms. The van der Waals surface area contributed by atoms with Crippen LogP contribution >= 0.6 is 0 Å². The van der Waals surface area contributed by atoms with Crippen LogP contribution in [0.5, 0.6) is 11.5 Å². The lowest BCUT2D eigenvalue weighted by Gasteiger charge is -2.13. The predicted molar refractivity (Wildman–Crippen MR) is 93.4 cm³/mol. The van der Waals surface area contributed by atoms with Crippen molar-refractivity contribution >= 4 is 17.2 Å². The zero-order chi connectivity index (χ0) is 18.7. The zero-order valence-electron chi connectivity index (χ0n) is 14.3. The summed E-state index contributed by atoms with van der Waals surface area (Å²) < 4.78 is 11.8. The molecule has 0 aliphatic rings. The van der Waals surface area contributed by atoms with Gasteiger partial charge in [-0.15, -0.1) is 0 Å². The van der Waals surface area contributed by atoms with E-state index in [1.165, 1.54) is 10.9 Å². The molecule has 0 atom stereocenters. The van der Waals surface area contributed by atoms with Crippen LogP contribution in [0.2, 0.25) is 0 Å². The monoisotopic (exact) mass is 356 g/mol. The number of rotatable bonds is 6. The van der Waals surface area contributed by atoms with E-state index in [4.69, 9.17) is 9.47 Å². The number of nitro groups is 1. The molecule has 1 N–H and O–H groups in total. The number of anilines is 2. The minimum Gasteiger partial charge on any atom is -0.497 e. The molecular weight excluding hydrogens is 340 g/mol. The molecule has 0 spiro atoms. The Morgan fingerprint density at radius 2 is 2.00 bits per heavy atom. The van der Waals surface area contributed by atoms with Crippen LogP contribution in [0.1, 0.15) is 5.69 Å². The highest BCUT2D eigenvalue weighted by Crippen LogP contribution is 2.31. The number of nitrogens with one attached hydrogen (secondary N) is 1. The van der Waals surface area contributed by atoms with Gasteiger partial charge in [0, 0.05) is 17.8 Å². The van der Waals surface area contributed by atoms with Crippen LogP contribution in [0.25, 0.3) is 5.95 Å². The van der Waals surface area contributed by atoms with Crippen molar-refractivity contribution in [1.29, 1.82) is 0 Å². The fraction of sp³-hybridized carbons (Fsp3) is 0.188. The Bertz CT molecular complexity index is 956. The molecule has 134 valence electrons. The van der Waals surface area contributed by atoms with Gasteiger partial charge in [0.1, 0.15) is 29.7 Å². The average Bonchev–Trinajstić information content (AvgIpc) is 3.11. The third-order valence-corrected chi connectivity index (χ3v) is 3.50. The SMILES string of the molecule is COc1ccc(OC)c(Nc2cc(C)nc(-n3cc([N+](=O)[O-])cn3)n2)c1. The molecule has 2 heterocycles. The fourth-order valence-corrected chi connectivity index (χ4v) is 2.29. The maximum absolute atomic E-state index is 10.8. The smallest absolute Gasteiger partial charge is 0.307 e. The summed E-state index contributed by atoms with van der Waals surface area (Å²) in [6.07, 6.45) is 2.40. The van der Waals surface area contributed by atoms with Crippen LogP contribution in [0.4, 0.5) is 17.2 Å². The molecule has 3 rings (SSSR count). The Balaban J connectivity index is 1.96. The minimum absolute atomic E-state index is 0.140. The summed E-state index contributed by atoms with van der Waals surface area (Å²) >= 11 is 0. The van der Waals surface area contributed by atoms with Gasteiger partial charge in [-0.25, -0.2) is 4.98 Å². The maximum atomic E-state index is 10.8. The molecule has 3 aromatic rings. The lowest BCUT2D eigenvalue weighted by molar-refractivity contribution is -0.384. The number of methoxy groups -OCH3 is 2. The Hall–Kier alpha value is -3.69. The molecule has 2 aromatic heterocycles. The van der Waals surface area contributed by atoms with Crippen molar-refractivity contribution in [3.05, 3.63) is 52.5 Å². The van der Waals surface area contributed by atoms with Gasteiger partial charge in [-0.2, -0.15) is 14.8 Å². The number of aryl methyl sites for hydroxylation is 1. The molecule has 10 nitrogen and oxygen atoms in total. The Morgan fingerprint density at radius 3 is 2.65 bits per heavy atom. The third kappa shape index (κ3) is 3.53. The van der Waals surface area contributed by atoms with E-state index >= 15 is 0 Å². The van der Waals surface area contributed by atoms with E-state index in [-0.39, 0.29) is 11.6 Å². The second kappa shape index (κ2) is 7.05. The van der Waals surface area contributed by atoms with Crippen molar-refractivity contribution in [1.82, 2.24) is 19.7 Å². The number of hydrogen-bond donors (Lipinski definition) is 1. The van der Waals surface area contributed by atoms with Crippen LogP contribution in [0.15, 0.2) is 36.7 Å². The minimum atomic E-state index is -0.528. The highest BCUT2D eigenvalue weighted by atomic mass is 16.6. The van der Waals surface area contributed by atoms with E-state index in [1.807, 2.05) is 0 Å². The van der Waals surface area contributed by atoms with Gasteiger partial charge in [-0.3, -0.25) is 10.1 Å². The summed E-state index contributed by atoms with van der Waals surface area (Å²) in [5.41, 5.74) is 1.18. The van der Waals surface area contributed by atoms with Crippen molar-refractivity contribution in [2.24, 2.45) is 0 Å². The number of nitrogens with zero attached hydrogens (tertiary/aromatic N) is 5. The molecule has 0 aliphatic carbocycles. The molecule has 0 fully saturated rings. The van der Waals surface area contributed by atoms with E-state index in [2.05, 4.69) is 20.4 Å². The molecule has 26 heavy (non-hydrogen) atoms. The first kappa shape index (κ1) is 17.1. The lowest BCUT2D eigenvalue weighted by Crippen LogP contribution is -2.06. The molecule has 1 aromatic carbocycles. The summed E-state index contributed by atoms with van der Waals surface area (Å²) in [7, 11) is 3.13. The van der Waals surface area contributed by atoms with E-state index in [1.54, 1.807) is 45.4 Å². The lowest BCUT2D eigenvalue weighted by atomic mass is 10.2. The van der Waals surface area contributed by atoms with Crippen LogP contribution < -0.4 is 14.8 Å². The third-order valence-electron chi connectivity index (χ3n) is 3.50. The second-order valence-corrected chi connectivity index (χ2v) is 5.29. The predicted octanol–water partition coefficient (Wildman–Crippen LogP) is 2.64. The van der Waals surface area contributed by atoms with E-state index in [9.17, 15) is 10.1 Å². The quantitative estimate of drug-likeness (QED) is 0.529. The fourth-order valence-electron chi connectivity index (χ4n) is 2.29. The molecule has 0 saturated heterocycles. The van der Waals surface area contributed by atoms with Crippen molar-refractivity contribution < 1.29 is 14.4 Å². The molecule has 0 aliphatic heterocycles. The topological polar surface area (TPSA) is 117 Å². The molecular formula is C16H16N6O4. The molecule has 0 radical (unpaired) electrons. The first-order valence-corrected chi connectivity index (χ1v) is 7.54. The van der Waals surface area contributed by atoms with Gasteiger partial charge in [0.25, 0.3) is 5.95 Å². The Kier molecular flexibility index (Phi) is 4.65. The van der Waals surface area contributed by atoms with Crippen molar-refractivity contribution in [3.8, 4) is 17.4 Å². The molecule has 0 amide bonds. The standard InChI is InChI=1S/C16H16N6O4/c1-10-6-15(19-13-7-12(25-2)4-5-14(13)26-3)20-16(18-10)21-9-11(8-17-21)22(23)24/h4-9H,1-3H3,(H,18,19,20). The summed E-state index contributed by atoms with van der Waals surface area (Å²) in [5.74, 6) is 1.96. The van der Waals surface area contributed by atoms with Crippen molar-refractivity contribution in [3.63, 3.8) is 0 Å². The van der Waals surface area contributed by atoms with Gasteiger partial charge in [-0.1, -0.05) is 0 Å². The van der Waals surface area contributed by atoms with E-state index < -0.39 is 4.92 Å². The first-order valence-electron chi connectivity index (χ1n) is 7.54. The van der Waals surface area contributed by atoms with Gasteiger partial charge in [0.2, 0.25) is 0 Å². The van der Waals surface area contributed by atoms with E-state index in [0.29, 0.717) is 28.7 Å². The molecule has 0 saturated carbocycles. The summed E-state index contributed by atoms with van der Waals surface area (Å²) in [6, 6.07) is 7.06. The van der Waals surface area contributed by atoms with Crippen molar-refractivity contribution in [2.45, 2.75) is 6.92 Å². The largest absolute Gasteiger partial charge is 0.497 e. The van der Waals surface area contributed by atoms with Crippen LogP contribution in [-0.4, -0.2) is 38.9 Å². The van der Waals surface area contributed by atoms with Gasteiger partial charge < -0.3 is 14.8 Å². The van der Waals surface area contributed by atoms with Gasteiger partial charge in [0.15, 0.2) is 0 Å². The normalized spacial score (nSPS) is 10.4. The Morgan fingerprint density at radius 1 is 1.19 bits per heavy atom. The Labute approximate surface area is 148 Å². The van der Waals surface area contributed by atoms with Gasteiger partial charge >= 0.3 is 5.69 Å². The van der Waals surface area contributed by atoms with Crippen molar-refractivity contribution in [2.75, 3.05) is 19.5 Å². The van der Waals surface area contributed by atoms with Crippen LogP contribution in [0, 0.1) is 17.0 Å². The highest BCUT2D eigenvalue weighted by Gasteiger charge is 2.13. The van der Waals surface area contributed by atoms with E-state index in [0.717, 1.165) is 6.20 Å². The first-order chi connectivity index (χ1) is 12.5. The van der Waals surface area contributed by atoms with Crippen LogP contribution in [0.3, 0.4) is 0 Å². The van der Waals surface area contributed by atoms with Gasteiger partial charge in [0.05, 0.1) is 24.8 Å². The summed E-state index contributed by atoms with van der Waals surface area (Å²) in [4.78, 5) is 18.9. The summed E-state index contributed by atoms with van der Waals surface area (Å²) in [6.45, 7) is 1.79. The average molecular weight is 356 g/mol.